The Balaban J connectivity index is 1.47. The van der Waals surface area contributed by atoms with Gasteiger partial charge in [-0.25, -0.2) is 14.8 Å². The Morgan fingerprint density at radius 2 is 1.92 bits per heavy atom. The smallest absolute Gasteiger partial charge is 0.338 e. The van der Waals surface area contributed by atoms with Crippen LogP contribution in [0.4, 0.5) is 17.3 Å². The van der Waals surface area contributed by atoms with E-state index in [0.717, 1.165) is 18.4 Å². The van der Waals surface area contributed by atoms with E-state index in [-0.39, 0.29) is 30.1 Å². The maximum atomic E-state index is 12.4. The second-order valence-electron chi connectivity index (χ2n) is 8.95. The van der Waals surface area contributed by atoms with Crippen molar-refractivity contribution in [3.05, 3.63) is 90.3 Å². The number of nitrogens with one attached hydrogen (secondary N) is 1. The second kappa shape index (κ2) is 12.0. The predicted octanol–water partition coefficient (Wildman–Crippen LogP) is 3.29. The fourth-order valence-electron chi connectivity index (χ4n) is 4.24. The molecule has 0 radical (unpaired) electrons. The highest BCUT2D eigenvalue weighted by Gasteiger charge is 2.27. The van der Waals surface area contributed by atoms with Gasteiger partial charge in [0.1, 0.15) is 12.4 Å². The Hall–Kier alpha value is -4.73. The van der Waals surface area contributed by atoms with Gasteiger partial charge >= 0.3 is 5.97 Å². The quantitative estimate of drug-likeness (QED) is 0.329. The highest BCUT2D eigenvalue weighted by Crippen LogP contribution is 2.24. The van der Waals surface area contributed by atoms with E-state index in [1.54, 1.807) is 29.2 Å². The molecule has 1 aromatic heterocycles. The number of anilines is 3. The summed E-state index contributed by atoms with van der Waals surface area (Å²) in [5.41, 5.74) is 7.40. The van der Waals surface area contributed by atoms with Gasteiger partial charge in [-0.2, -0.15) is 0 Å². The monoisotopic (exact) mass is 514 g/mol. The molecule has 4 rings (SSSR count). The van der Waals surface area contributed by atoms with Crippen LogP contribution in [0, 0.1) is 0 Å². The summed E-state index contributed by atoms with van der Waals surface area (Å²) >= 11 is 0. The number of ether oxygens (including phenoxy) is 1. The fraction of sp³-hybridized carbons (Fsp3) is 0.250. The van der Waals surface area contributed by atoms with E-state index in [1.807, 2.05) is 42.3 Å². The van der Waals surface area contributed by atoms with Gasteiger partial charge in [-0.1, -0.05) is 36.9 Å². The molecule has 1 aliphatic heterocycles. The van der Waals surface area contributed by atoms with Crippen LogP contribution in [0.25, 0.3) is 0 Å². The molecule has 0 spiro atoms. The number of hydrogen-bond donors (Lipinski definition) is 2. The zero-order valence-corrected chi connectivity index (χ0v) is 21.2. The number of hydrogen-bond acceptors (Lipinski definition) is 8. The number of benzene rings is 2. The highest BCUT2D eigenvalue weighted by molar-refractivity contribution is 5.96. The number of amides is 2. The standard InChI is InChI=1S/C28H30N6O4/c1-3-24(35)34-15-7-10-22(17-34)33(2)23-16-30-25(26(29)36)27(32-23)31-21-13-11-20(12-14-21)28(37)38-18-19-8-5-4-6-9-19/h3-6,8-9,11-14,16,22H,1,7,10,15,17-18H2,2H3,(H2,29,36)(H,31,32)/t22-/m1/s1. The number of rotatable bonds is 9. The van der Waals surface area contributed by atoms with Crippen LogP contribution in [-0.4, -0.2) is 58.8 Å². The molecule has 196 valence electrons. The maximum Gasteiger partial charge on any atom is 0.338 e. The fourth-order valence-corrected chi connectivity index (χ4v) is 4.24. The Morgan fingerprint density at radius 1 is 1.18 bits per heavy atom. The first-order valence-corrected chi connectivity index (χ1v) is 12.2. The van der Waals surface area contributed by atoms with Crippen LogP contribution in [0.15, 0.2) is 73.4 Å². The summed E-state index contributed by atoms with van der Waals surface area (Å²) in [4.78, 5) is 49.1. The molecule has 3 N–H and O–H groups in total. The molecule has 3 aromatic rings. The van der Waals surface area contributed by atoms with Crippen molar-refractivity contribution < 1.29 is 19.1 Å². The van der Waals surface area contributed by atoms with E-state index >= 15 is 0 Å². The van der Waals surface area contributed by atoms with Gasteiger partial charge in [0.15, 0.2) is 11.5 Å². The van der Waals surface area contributed by atoms with Gasteiger partial charge < -0.3 is 25.6 Å². The number of carbonyl (C=O) groups is 3. The number of likely N-dealkylation sites (tertiary alicyclic amines) is 1. The van der Waals surface area contributed by atoms with Crippen LogP contribution >= 0.6 is 0 Å². The average Bonchev–Trinajstić information content (AvgIpc) is 2.96. The molecule has 10 heteroatoms. The van der Waals surface area contributed by atoms with E-state index in [2.05, 4.69) is 21.9 Å². The average molecular weight is 515 g/mol. The molecule has 10 nitrogen and oxygen atoms in total. The largest absolute Gasteiger partial charge is 0.457 e. The van der Waals surface area contributed by atoms with Gasteiger partial charge in [0.2, 0.25) is 5.91 Å². The van der Waals surface area contributed by atoms with Crippen molar-refractivity contribution >= 4 is 35.1 Å². The van der Waals surface area contributed by atoms with Crippen LogP contribution < -0.4 is 16.0 Å². The predicted molar refractivity (Wildman–Crippen MR) is 144 cm³/mol. The number of esters is 1. The summed E-state index contributed by atoms with van der Waals surface area (Å²) in [6.07, 6.45) is 4.54. The van der Waals surface area contributed by atoms with E-state index in [9.17, 15) is 14.4 Å². The number of nitrogens with zero attached hydrogens (tertiary/aromatic N) is 4. The first-order valence-electron chi connectivity index (χ1n) is 12.2. The lowest BCUT2D eigenvalue weighted by Crippen LogP contribution is -2.48. The normalized spacial score (nSPS) is 14.9. The lowest BCUT2D eigenvalue weighted by atomic mass is 10.0. The van der Waals surface area contributed by atoms with Gasteiger partial charge in [0, 0.05) is 31.9 Å². The topological polar surface area (TPSA) is 131 Å². The minimum Gasteiger partial charge on any atom is -0.457 e. The molecule has 2 amide bonds. The van der Waals surface area contributed by atoms with E-state index < -0.39 is 11.9 Å². The Kier molecular flexibility index (Phi) is 8.32. The zero-order chi connectivity index (χ0) is 27.1. The van der Waals surface area contributed by atoms with Crippen molar-refractivity contribution in [2.24, 2.45) is 5.73 Å². The van der Waals surface area contributed by atoms with Gasteiger partial charge in [0.25, 0.3) is 5.91 Å². The maximum absolute atomic E-state index is 12.4. The minimum absolute atomic E-state index is 0.0133. The zero-order valence-electron chi connectivity index (χ0n) is 21.2. The second-order valence-corrected chi connectivity index (χ2v) is 8.95. The summed E-state index contributed by atoms with van der Waals surface area (Å²) in [6, 6.07) is 16.1. The number of piperidine rings is 1. The summed E-state index contributed by atoms with van der Waals surface area (Å²) < 4.78 is 5.37. The number of nitrogens with two attached hydrogens (primary N) is 1. The molecule has 0 unspecified atom stereocenters. The summed E-state index contributed by atoms with van der Waals surface area (Å²) in [5.74, 6) is -0.561. The third-order valence-electron chi connectivity index (χ3n) is 6.38. The molecular formula is C28H30N6O4. The molecule has 1 atom stereocenters. The molecule has 0 saturated carbocycles. The molecule has 0 aliphatic carbocycles. The molecular weight excluding hydrogens is 484 g/mol. The van der Waals surface area contributed by atoms with Crippen molar-refractivity contribution in [3.63, 3.8) is 0 Å². The van der Waals surface area contributed by atoms with Crippen molar-refractivity contribution in [1.82, 2.24) is 14.9 Å². The van der Waals surface area contributed by atoms with Crippen molar-refractivity contribution in [1.29, 1.82) is 0 Å². The number of carbonyl (C=O) groups excluding carboxylic acids is 3. The number of aromatic nitrogens is 2. The van der Waals surface area contributed by atoms with Crippen LogP contribution in [-0.2, 0) is 16.1 Å². The molecule has 1 aliphatic rings. The molecule has 2 heterocycles. The molecule has 1 fully saturated rings. The number of primary amides is 1. The molecule has 38 heavy (non-hydrogen) atoms. The third kappa shape index (κ3) is 6.33. The first kappa shape index (κ1) is 26.3. The van der Waals surface area contributed by atoms with Crippen LogP contribution in [0.2, 0.25) is 0 Å². The van der Waals surface area contributed by atoms with Gasteiger partial charge in [0.05, 0.1) is 11.8 Å². The van der Waals surface area contributed by atoms with Gasteiger partial charge in [-0.05, 0) is 48.7 Å². The first-order chi connectivity index (χ1) is 18.4. The van der Waals surface area contributed by atoms with Crippen molar-refractivity contribution in [2.75, 3.05) is 30.4 Å². The summed E-state index contributed by atoms with van der Waals surface area (Å²) in [7, 11) is 1.88. The minimum atomic E-state index is -0.726. The summed E-state index contributed by atoms with van der Waals surface area (Å²) in [6.45, 7) is 4.97. The molecule has 1 saturated heterocycles. The van der Waals surface area contributed by atoms with Crippen LogP contribution in [0.5, 0.6) is 0 Å². The van der Waals surface area contributed by atoms with Gasteiger partial charge in [-0.3, -0.25) is 9.59 Å². The number of likely N-dealkylation sites (N-methyl/N-ethyl adjacent to an activating group) is 1. The molecule has 2 aromatic carbocycles. The van der Waals surface area contributed by atoms with Crippen LogP contribution in [0.1, 0.15) is 39.3 Å². The van der Waals surface area contributed by atoms with Crippen LogP contribution in [0.3, 0.4) is 0 Å². The lowest BCUT2D eigenvalue weighted by Gasteiger charge is -2.37. The van der Waals surface area contributed by atoms with E-state index in [1.165, 1.54) is 12.3 Å². The summed E-state index contributed by atoms with van der Waals surface area (Å²) in [5, 5.41) is 3.08. The Bertz CT molecular complexity index is 1310. The van der Waals surface area contributed by atoms with Gasteiger partial charge in [-0.15, -0.1) is 0 Å². The highest BCUT2D eigenvalue weighted by atomic mass is 16.5. The molecule has 0 bridgehead atoms. The van der Waals surface area contributed by atoms with Crippen molar-refractivity contribution in [2.45, 2.75) is 25.5 Å². The van der Waals surface area contributed by atoms with E-state index in [0.29, 0.717) is 30.2 Å². The Labute approximate surface area is 221 Å². The van der Waals surface area contributed by atoms with Crippen molar-refractivity contribution in [3.8, 4) is 0 Å². The SMILES string of the molecule is C=CC(=O)N1CCC[C@@H](N(C)c2cnc(C(N)=O)c(Nc3ccc(C(=O)OCc4ccccc4)cc3)n2)C1. The van der Waals surface area contributed by atoms with E-state index in [4.69, 9.17) is 10.5 Å². The lowest BCUT2D eigenvalue weighted by molar-refractivity contribution is -0.127. The third-order valence-corrected chi connectivity index (χ3v) is 6.38. The Morgan fingerprint density at radius 3 is 2.61 bits per heavy atom.